The van der Waals surface area contributed by atoms with Crippen LogP contribution in [0.1, 0.15) is 35.0 Å². The van der Waals surface area contributed by atoms with Crippen molar-refractivity contribution in [3.63, 3.8) is 0 Å². The summed E-state index contributed by atoms with van der Waals surface area (Å²) >= 11 is 1.23. The van der Waals surface area contributed by atoms with E-state index in [0.29, 0.717) is 34.8 Å². The van der Waals surface area contributed by atoms with Crippen LogP contribution in [0.3, 0.4) is 0 Å². The predicted octanol–water partition coefficient (Wildman–Crippen LogP) is 3.38. The number of nitrogens with one attached hydrogen (secondary N) is 3. The first-order valence-corrected chi connectivity index (χ1v) is 10.9. The molecule has 0 saturated heterocycles. The SMILES string of the molecule is C#Cc1nc(NC(=O)N[C@@H](C(=O)NC)c2ccc(-c3ccccc3)cc2C2(O)CC2)cs1. The molecule has 1 atom stereocenters. The van der Waals surface area contributed by atoms with Crippen molar-refractivity contribution in [1.82, 2.24) is 15.6 Å². The first-order chi connectivity index (χ1) is 15.4. The standard InChI is InChI=1S/C24H22N4O3S/c1-3-20-26-19(14-32-20)27-23(30)28-21(22(29)25-2)17-10-9-16(15-7-5-4-6-8-15)13-18(17)24(31)11-12-24/h1,4-10,13-14,21,31H,11-12H2,2H3,(H,25,29)(H2,27,28,30)/t21-/m1/s1. The maximum Gasteiger partial charge on any atom is 0.321 e. The number of carbonyl (C=O) groups is 2. The first-order valence-electron chi connectivity index (χ1n) is 10.1. The number of hydrogen-bond donors (Lipinski definition) is 4. The molecular weight excluding hydrogens is 424 g/mol. The fourth-order valence-corrected chi connectivity index (χ4v) is 4.07. The average molecular weight is 447 g/mol. The third kappa shape index (κ3) is 4.49. The van der Waals surface area contributed by atoms with Crippen LogP contribution in [0.5, 0.6) is 0 Å². The van der Waals surface area contributed by atoms with Gasteiger partial charge in [0.25, 0.3) is 0 Å². The van der Waals surface area contributed by atoms with Crippen molar-refractivity contribution in [2.24, 2.45) is 0 Å². The Morgan fingerprint density at radius 1 is 1.19 bits per heavy atom. The normalized spacial score (nSPS) is 14.7. The highest BCUT2D eigenvalue weighted by Crippen LogP contribution is 2.48. The van der Waals surface area contributed by atoms with Crippen LogP contribution in [0.2, 0.25) is 0 Å². The summed E-state index contributed by atoms with van der Waals surface area (Å²) in [6.45, 7) is 0. The third-order valence-electron chi connectivity index (χ3n) is 5.35. The molecule has 162 valence electrons. The summed E-state index contributed by atoms with van der Waals surface area (Å²) in [5.74, 6) is 2.31. The van der Waals surface area contributed by atoms with Crippen molar-refractivity contribution >= 4 is 29.1 Å². The molecule has 4 N–H and O–H groups in total. The lowest BCUT2D eigenvalue weighted by molar-refractivity contribution is -0.122. The minimum absolute atomic E-state index is 0.302. The summed E-state index contributed by atoms with van der Waals surface area (Å²) in [4.78, 5) is 29.5. The molecule has 1 aliphatic carbocycles. The van der Waals surface area contributed by atoms with E-state index in [1.54, 1.807) is 11.4 Å². The first kappa shape index (κ1) is 21.6. The Morgan fingerprint density at radius 3 is 2.56 bits per heavy atom. The molecule has 4 rings (SSSR count). The van der Waals surface area contributed by atoms with Gasteiger partial charge in [0.1, 0.15) is 11.9 Å². The molecule has 32 heavy (non-hydrogen) atoms. The number of likely N-dealkylation sites (N-methyl/N-ethyl adjacent to an activating group) is 1. The summed E-state index contributed by atoms with van der Waals surface area (Å²) in [6, 6.07) is 13.7. The lowest BCUT2D eigenvalue weighted by Crippen LogP contribution is -2.41. The summed E-state index contributed by atoms with van der Waals surface area (Å²) in [6.07, 6.45) is 6.51. The van der Waals surface area contributed by atoms with E-state index < -0.39 is 23.6 Å². The van der Waals surface area contributed by atoms with Gasteiger partial charge >= 0.3 is 6.03 Å². The monoisotopic (exact) mass is 446 g/mol. The van der Waals surface area contributed by atoms with Gasteiger partial charge in [0, 0.05) is 12.4 Å². The molecule has 0 spiro atoms. The van der Waals surface area contributed by atoms with Gasteiger partial charge in [0.05, 0.1) is 5.60 Å². The van der Waals surface area contributed by atoms with Crippen molar-refractivity contribution in [2.45, 2.75) is 24.5 Å². The van der Waals surface area contributed by atoms with Crippen LogP contribution in [0, 0.1) is 12.3 Å². The maximum absolute atomic E-state index is 12.7. The molecule has 1 aromatic heterocycles. The van der Waals surface area contributed by atoms with Crippen molar-refractivity contribution in [3.8, 4) is 23.5 Å². The Kier molecular flexibility index (Phi) is 5.95. The lowest BCUT2D eigenvalue weighted by atomic mass is 9.90. The zero-order valence-corrected chi connectivity index (χ0v) is 18.2. The molecule has 2 aromatic carbocycles. The minimum atomic E-state index is -1.01. The highest BCUT2D eigenvalue weighted by atomic mass is 32.1. The molecule has 3 amide bonds. The van der Waals surface area contributed by atoms with Gasteiger partial charge in [0.2, 0.25) is 5.91 Å². The number of amides is 3. The van der Waals surface area contributed by atoms with Gasteiger partial charge in [-0.2, -0.15) is 0 Å². The van der Waals surface area contributed by atoms with Gasteiger partial charge in [-0.05, 0) is 47.1 Å². The Bertz CT molecular complexity index is 1200. The number of urea groups is 1. The molecule has 1 aliphatic rings. The van der Waals surface area contributed by atoms with Crippen LogP contribution in [-0.4, -0.2) is 29.1 Å². The molecule has 0 bridgehead atoms. The fraction of sp³-hybridized carbons (Fsp3) is 0.208. The molecule has 0 unspecified atom stereocenters. The Balaban J connectivity index is 1.66. The highest BCUT2D eigenvalue weighted by Gasteiger charge is 2.45. The maximum atomic E-state index is 12.7. The second-order valence-corrected chi connectivity index (χ2v) is 8.39. The number of aliphatic hydroxyl groups is 1. The van der Waals surface area contributed by atoms with Crippen LogP contribution in [-0.2, 0) is 10.4 Å². The van der Waals surface area contributed by atoms with Gasteiger partial charge in [0.15, 0.2) is 5.01 Å². The molecule has 7 nitrogen and oxygen atoms in total. The molecule has 3 aromatic rings. The van der Waals surface area contributed by atoms with Gasteiger partial charge in [-0.15, -0.1) is 17.8 Å². The second kappa shape index (κ2) is 8.83. The fourth-order valence-electron chi connectivity index (χ4n) is 3.52. The number of thiazole rings is 1. The topological polar surface area (TPSA) is 103 Å². The van der Waals surface area contributed by atoms with Crippen LogP contribution in [0.15, 0.2) is 53.9 Å². The average Bonchev–Trinajstić information content (AvgIpc) is 3.41. The van der Waals surface area contributed by atoms with Gasteiger partial charge in [-0.1, -0.05) is 42.5 Å². The van der Waals surface area contributed by atoms with Crippen molar-refractivity contribution in [2.75, 3.05) is 12.4 Å². The second-order valence-electron chi connectivity index (χ2n) is 7.53. The summed E-state index contributed by atoms with van der Waals surface area (Å²) in [5.41, 5.74) is 2.09. The van der Waals surface area contributed by atoms with Crippen molar-refractivity contribution in [3.05, 3.63) is 70.0 Å². The molecule has 0 radical (unpaired) electrons. The van der Waals surface area contributed by atoms with E-state index in [0.717, 1.165) is 11.1 Å². The molecule has 0 aliphatic heterocycles. The number of aromatic nitrogens is 1. The highest BCUT2D eigenvalue weighted by molar-refractivity contribution is 7.10. The quantitative estimate of drug-likeness (QED) is 0.436. The number of rotatable bonds is 6. The van der Waals surface area contributed by atoms with E-state index in [2.05, 4.69) is 26.9 Å². The summed E-state index contributed by atoms with van der Waals surface area (Å²) < 4.78 is 0. The van der Waals surface area contributed by atoms with E-state index in [1.807, 2.05) is 42.5 Å². The zero-order valence-electron chi connectivity index (χ0n) is 17.4. The van der Waals surface area contributed by atoms with Crippen LogP contribution in [0.25, 0.3) is 11.1 Å². The smallest absolute Gasteiger partial charge is 0.321 e. The number of nitrogens with zero attached hydrogens (tertiary/aromatic N) is 1. The number of anilines is 1. The third-order valence-corrected chi connectivity index (χ3v) is 6.12. The van der Waals surface area contributed by atoms with E-state index in [9.17, 15) is 14.7 Å². The Labute approximate surface area is 189 Å². The Hall–Kier alpha value is -3.67. The van der Waals surface area contributed by atoms with E-state index >= 15 is 0 Å². The number of benzene rings is 2. The molecule has 1 saturated carbocycles. The van der Waals surface area contributed by atoms with Gasteiger partial charge in [-0.25, -0.2) is 9.78 Å². The zero-order chi connectivity index (χ0) is 22.7. The molecule has 1 heterocycles. The van der Waals surface area contributed by atoms with Gasteiger partial charge in [-0.3, -0.25) is 10.1 Å². The Morgan fingerprint density at radius 2 is 1.94 bits per heavy atom. The number of terminal acetylenes is 1. The molecule has 1 fully saturated rings. The lowest BCUT2D eigenvalue weighted by Gasteiger charge is -2.23. The van der Waals surface area contributed by atoms with E-state index in [1.165, 1.54) is 18.4 Å². The van der Waals surface area contributed by atoms with Crippen molar-refractivity contribution in [1.29, 1.82) is 0 Å². The van der Waals surface area contributed by atoms with Gasteiger partial charge < -0.3 is 15.7 Å². The summed E-state index contributed by atoms with van der Waals surface area (Å²) in [5, 5.41) is 20.9. The van der Waals surface area contributed by atoms with E-state index in [4.69, 9.17) is 6.42 Å². The predicted molar refractivity (Wildman–Crippen MR) is 124 cm³/mol. The van der Waals surface area contributed by atoms with Crippen molar-refractivity contribution < 1.29 is 14.7 Å². The largest absolute Gasteiger partial charge is 0.385 e. The van der Waals surface area contributed by atoms with Crippen LogP contribution < -0.4 is 16.0 Å². The molecule has 8 heteroatoms. The van der Waals surface area contributed by atoms with Crippen LogP contribution in [0.4, 0.5) is 10.6 Å². The van der Waals surface area contributed by atoms with E-state index in [-0.39, 0.29) is 0 Å². The van der Waals surface area contributed by atoms with Crippen LogP contribution >= 0.6 is 11.3 Å². The molecular formula is C24H22N4O3S. The number of hydrogen-bond acceptors (Lipinski definition) is 5. The summed E-state index contributed by atoms with van der Waals surface area (Å²) in [7, 11) is 1.50. The number of carbonyl (C=O) groups excluding carboxylic acids is 2. The minimum Gasteiger partial charge on any atom is -0.385 e.